The van der Waals surface area contributed by atoms with Crippen LogP contribution in [0.5, 0.6) is 11.5 Å². The summed E-state index contributed by atoms with van der Waals surface area (Å²) in [5.41, 5.74) is 7.36. The average molecular weight is 908 g/mol. The second kappa shape index (κ2) is 20.2. The molecule has 0 radical (unpaired) electrons. The molecule has 0 aliphatic carbocycles. The van der Waals surface area contributed by atoms with Gasteiger partial charge in [0, 0.05) is 70.8 Å². The number of hydrogen-bond acceptors (Lipinski definition) is 16. The number of nitro benzene ring substituents is 4. The number of methoxy groups -OCH3 is 2. The van der Waals surface area contributed by atoms with Gasteiger partial charge >= 0.3 is 0 Å². The predicted octanol–water partition coefficient (Wildman–Crippen LogP) is 11.4. The Balaban J connectivity index is 1.31. The van der Waals surface area contributed by atoms with E-state index in [-0.39, 0.29) is 67.3 Å². The van der Waals surface area contributed by atoms with Crippen molar-refractivity contribution < 1.29 is 29.2 Å². The number of non-ortho nitro benzene ring substituents is 4. The third-order valence-electron chi connectivity index (χ3n) is 8.74. The van der Waals surface area contributed by atoms with Gasteiger partial charge < -0.3 is 9.47 Å². The van der Waals surface area contributed by atoms with Crippen LogP contribution >= 0.6 is 23.2 Å². The molecule has 64 heavy (non-hydrogen) atoms. The first-order valence-corrected chi connectivity index (χ1v) is 18.7. The summed E-state index contributed by atoms with van der Waals surface area (Å²) >= 11 is 13.6. The maximum absolute atomic E-state index is 11.3. The van der Waals surface area contributed by atoms with Crippen molar-refractivity contribution in [3.63, 3.8) is 0 Å². The Morgan fingerprint density at radius 2 is 0.781 bits per heavy atom. The quantitative estimate of drug-likeness (QED) is 0.0320. The van der Waals surface area contributed by atoms with Gasteiger partial charge in [-0.05, 0) is 72.8 Å². The summed E-state index contributed by atoms with van der Waals surface area (Å²) in [6.45, 7) is 0. The average Bonchev–Trinajstić information content (AvgIpc) is 3.29. The van der Waals surface area contributed by atoms with E-state index in [1.165, 1.54) is 123 Å². The molecule has 0 unspecified atom stereocenters. The molecule has 0 amide bonds. The fourth-order valence-electron chi connectivity index (χ4n) is 5.49. The van der Waals surface area contributed by atoms with Crippen LogP contribution in [0.1, 0.15) is 11.1 Å². The van der Waals surface area contributed by atoms with E-state index in [1.807, 2.05) is 0 Å². The highest BCUT2D eigenvalue weighted by molar-refractivity contribution is 6.37. The molecule has 6 aromatic carbocycles. The zero-order valence-corrected chi connectivity index (χ0v) is 34.4. The van der Waals surface area contributed by atoms with Crippen LogP contribution < -0.4 is 20.3 Å². The lowest BCUT2D eigenvalue weighted by molar-refractivity contribution is -0.385. The summed E-state index contributed by atoms with van der Waals surface area (Å²) < 4.78 is 11.3. The molecule has 6 rings (SSSR count). The van der Waals surface area contributed by atoms with Crippen LogP contribution in [-0.2, 0) is 0 Å². The van der Waals surface area contributed by atoms with Crippen molar-refractivity contribution in [1.82, 2.24) is 0 Å². The van der Waals surface area contributed by atoms with Gasteiger partial charge in [-0.2, -0.15) is 10.2 Å². The molecule has 0 aliphatic heterocycles. The number of hydrazone groups is 2. The number of amidine groups is 2. The molecule has 0 bridgehead atoms. The van der Waals surface area contributed by atoms with Gasteiger partial charge in [0.2, 0.25) is 11.7 Å². The number of benzene rings is 6. The fraction of sp³-hybridized carbons (Fsp3) is 0.0500. The molecule has 22 nitrogen and oxygen atoms in total. The van der Waals surface area contributed by atoms with Crippen LogP contribution in [0, 0.1) is 40.5 Å². The molecule has 0 atom stereocenters. The highest BCUT2D eigenvalue weighted by Crippen LogP contribution is 2.45. The van der Waals surface area contributed by atoms with Crippen molar-refractivity contribution >= 4 is 80.4 Å². The zero-order chi connectivity index (χ0) is 45.9. The van der Waals surface area contributed by atoms with Crippen molar-refractivity contribution in [2.24, 2.45) is 30.7 Å². The first-order valence-electron chi connectivity index (χ1n) is 18.0. The highest BCUT2D eigenvalue weighted by Gasteiger charge is 2.19. The molecule has 0 aromatic heterocycles. The third kappa shape index (κ3) is 10.9. The number of rotatable bonds is 15. The minimum atomic E-state index is -0.563. The van der Waals surface area contributed by atoms with Gasteiger partial charge in [0.25, 0.3) is 22.7 Å². The van der Waals surface area contributed by atoms with E-state index in [0.717, 1.165) is 0 Å². The van der Waals surface area contributed by atoms with Gasteiger partial charge in [-0.25, -0.2) is 0 Å². The van der Waals surface area contributed by atoms with Crippen LogP contribution in [0.4, 0.5) is 45.5 Å². The van der Waals surface area contributed by atoms with Gasteiger partial charge in [-0.15, -0.1) is 20.5 Å². The third-order valence-corrected chi connectivity index (χ3v) is 9.37. The lowest BCUT2D eigenvalue weighted by atomic mass is 10.0. The Kier molecular flexibility index (Phi) is 14.1. The first kappa shape index (κ1) is 44.8. The Labute approximate surface area is 369 Å². The van der Waals surface area contributed by atoms with Crippen LogP contribution in [0.25, 0.3) is 11.1 Å². The standard InChI is InChI=1S/C40H28Cl2N12O10/c1-63-37-19-31(33(41)21-35(37)45-49-39(23-3-11-27(12-4-23)51(55)56)47-43-25-7-15-29(16-8-25)53(59)60)32-20-38(64-2)36(22-34(32)42)46-50-40(24-5-13-28(14-6-24)52(57)58)48-44-26-9-17-30(18-10-26)54(61)62/h3-22,43-44H,1-2H3/b47-39-,48-40-,49-45?,50-46?. The Morgan fingerprint density at radius 1 is 0.484 bits per heavy atom. The van der Waals surface area contributed by atoms with Crippen molar-refractivity contribution in [3.05, 3.63) is 183 Å². The molecular weight excluding hydrogens is 879 g/mol. The van der Waals surface area contributed by atoms with Crippen LogP contribution in [0.15, 0.2) is 152 Å². The smallest absolute Gasteiger partial charge is 0.269 e. The maximum Gasteiger partial charge on any atom is 0.269 e. The SMILES string of the molecule is COc1cc(-c2cc(OC)c(N=N/C(=N\Nc3ccc([N+](=O)[O-])cc3)c3ccc([N+](=O)[O-])cc3)cc2Cl)c(Cl)cc1N=N/C(=N\Nc1ccc([N+](=O)[O-])cc1)c1ccc([N+](=O)[O-])cc1. The molecule has 0 fully saturated rings. The maximum atomic E-state index is 11.3. The van der Waals surface area contributed by atoms with Gasteiger partial charge in [0.1, 0.15) is 22.9 Å². The predicted molar refractivity (Wildman–Crippen MR) is 237 cm³/mol. The van der Waals surface area contributed by atoms with E-state index < -0.39 is 19.7 Å². The zero-order valence-electron chi connectivity index (χ0n) is 32.9. The first-order chi connectivity index (χ1) is 30.7. The van der Waals surface area contributed by atoms with Gasteiger partial charge in [0.05, 0.1) is 55.3 Å². The number of halogens is 2. The molecule has 0 aliphatic rings. The number of anilines is 2. The van der Waals surface area contributed by atoms with Crippen molar-refractivity contribution in [2.75, 3.05) is 25.1 Å². The topological polar surface area (TPSA) is 289 Å². The Bertz CT molecular complexity index is 2680. The van der Waals surface area contributed by atoms with Gasteiger partial charge in [-0.3, -0.25) is 51.3 Å². The number of nitrogens with one attached hydrogen (secondary N) is 2. The molecule has 24 heteroatoms. The fourth-order valence-corrected chi connectivity index (χ4v) is 6.01. The molecule has 322 valence electrons. The second-order valence-corrected chi connectivity index (χ2v) is 13.5. The van der Waals surface area contributed by atoms with E-state index >= 15 is 0 Å². The largest absolute Gasteiger partial charge is 0.494 e. The lowest BCUT2D eigenvalue weighted by Gasteiger charge is -2.14. The number of hydrogen-bond donors (Lipinski definition) is 2. The van der Waals surface area contributed by atoms with Crippen LogP contribution in [-0.4, -0.2) is 45.6 Å². The summed E-state index contributed by atoms with van der Waals surface area (Å²) in [5.74, 6) is 0.324. The Morgan fingerprint density at radius 3 is 1.06 bits per heavy atom. The van der Waals surface area contributed by atoms with E-state index in [2.05, 4.69) is 41.5 Å². The Hall–Kier alpha value is -8.76. The molecule has 2 N–H and O–H groups in total. The van der Waals surface area contributed by atoms with Crippen molar-refractivity contribution in [1.29, 1.82) is 0 Å². The van der Waals surface area contributed by atoms with Gasteiger partial charge in [0.15, 0.2) is 0 Å². The van der Waals surface area contributed by atoms with Crippen LogP contribution in [0.2, 0.25) is 10.0 Å². The summed E-state index contributed by atoms with van der Waals surface area (Å²) in [4.78, 5) is 42.5. The number of nitrogens with zero attached hydrogens (tertiary/aromatic N) is 10. The molecule has 6 aromatic rings. The molecule has 0 saturated carbocycles. The van der Waals surface area contributed by atoms with E-state index in [0.29, 0.717) is 33.6 Å². The lowest BCUT2D eigenvalue weighted by Crippen LogP contribution is -2.02. The van der Waals surface area contributed by atoms with Crippen LogP contribution in [0.3, 0.4) is 0 Å². The number of azo groups is 2. The number of ether oxygens (including phenoxy) is 2. The van der Waals surface area contributed by atoms with Gasteiger partial charge in [-0.1, -0.05) is 23.2 Å². The summed E-state index contributed by atoms with van der Waals surface area (Å²) in [7, 11) is 2.78. The molecule has 0 saturated heterocycles. The second-order valence-electron chi connectivity index (χ2n) is 12.7. The van der Waals surface area contributed by atoms with E-state index in [1.54, 1.807) is 12.1 Å². The monoisotopic (exact) mass is 906 g/mol. The molecule has 0 spiro atoms. The van der Waals surface area contributed by atoms with Crippen molar-refractivity contribution in [2.45, 2.75) is 0 Å². The molecule has 0 heterocycles. The summed E-state index contributed by atoms with van der Waals surface area (Å²) in [5, 5.41) is 70.8. The van der Waals surface area contributed by atoms with E-state index in [9.17, 15) is 40.5 Å². The normalized spacial score (nSPS) is 11.7. The van der Waals surface area contributed by atoms with E-state index in [4.69, 9.17) is 32.7 Å². The number of nitro groups is 4. The highest BCUT2D eigenvalue weighted by atomic mass is 35.5. The minimum absolute atomic E-state index is 0.0306. The minimum Gasteiger partial charge on any atom is -0.494 e. The summed E-state index contributed by atoms with van der Waals surface area (Å²) in [6.07, 6.45) is 0. The van der Waals surface area contributed by atoms with Crippen molar-refractivity contribution in [3.8, 4) is 22.6 Å². The molecular formula is C40H28Cl2N12O10. The summed E-state index contributed by atoms with van der Waals surface area (Å²) in [6, 6.07) is 27.6.